The molecule has 4 N–H and O–H groups in total. The number of aromatic nitrogens is 1. The topological polar surface area (TPSA) is 88.2 Å². The maximum atomic E-state index is 12.2. The van der Waals surface area contributed by atoms with Crippen LogP contribution < -0.4 is 11.1 Å². The maximum Gasteiger partial charge on any atom is 0.259 e. The van der Waals surface area contributed by atoms with Crippen LogP contribution in [0.25, 0.3) is 10.2 Å². The van der Waals surface area contributed by atoms with Gasteiger partial charge in [-0.1, -0.05) is 6.07 Å². The van der Waals surface area contributed by atoms with Gasteiger partial charge in [-0.05, 0) is 37.3 Å². The predicted octanol–water partition coefficient (Wildman–Crippen LogP) is 3.14. The molecule has 1 amide bonds. The quantitative estimate of drug-likeness (QED) is 0.501. The largest absolute Gasteiger partial charge is 0.505 e. The first kappa shape index (κ1) is 13.4. The van der Waals surface area contributed by atoms with Gasteiger partial charge in [0.05, 0.1) is 26.5 Å². The van der Waals surface area contributed by atoms with Gasteiger partial charge in [-0.3, -0.25) is 4.79 Å². The minimum atomic E-state index is -0.402. The molecule has 0 spiro atoms. The zero-order chi connectivity index (χ0) is 15.0. The Bertz CT molecular complexity index is 842. The SMILES string of the molecule is Cc1nc2ccc(NC(=O)c3cccc(N)c3O)cc2s1. The molecular formula is C15H13N3O2S. The summed E-state index contributed by atoms with van der Waals surface area (Å²) in [6.45, 7) is 1.94. The molecule has 0 unspecified atom stereocenters. The number of nitrogens with two attached hydrogens (primary N) is 1. The first-order valence-electron chi connectivity index (χ1n) is 6.30. The van der Waals surface area contributed by atoms with E-state index < -0.39 is 5.91 Å². The number of phenols is 1. The molecule has 0 aliphatic heterocycles. The third kappa shape index (κ3) is 2.53. The number of benzene rings is 2. The minimum Gasteiger partial charge on any atom is -0.505 e. The molecule has 2 aromatic carbocycles. The van der Waals surface area contributed by atoms with Crippen molar-refractivity contribution in [3.63, 3.8) is 0 Å². The second-order valence-electron chi connectivity index (χ2n) is 4.61. The van der Waals surface area contributed by atoms with E-state index in [1.165, 1.54) is 12.1 Å². The number of amides is 1. The molecule has 6 heteroatoms. The summed E-state index contributed by atoms with van der Waals surface area (Å²) in [5, 5.41) is 13.6. The highest BCUT2D eigenvalue weighted by molar-refractivity contribution is 7.18. The van der Waals surface area contributed by atoms with E-state index in [0.29, 0.717) is 5.69 Å². The minimum absolute atomic E-state index is 0.149. The van der Waals surface area contributed by atoms with E-state index in [-0.39, 0.29) is 17.0 Å². The Labute approximate surface area is 125 Å². The molecule has 1 aromatic heterocycles. The van der Waals surface area contributed by atoms with Crippen LogP contribution in [-0.4, -0.2) is 16.0 Å². The number of hydrogen-bond acceptors (Lipinski definition) is 5. The number of hydrogen-bond donors (Lipinski definition) is 3. The van der Waals surface area contributed by atoms with Gasteiger partial charge in [-0.25, -0.2) is 4.98 Å². The Hall–Kier alpha value is -2.60. The summed E-state index contributed by atoms with van der Waals surface area (Å²) in [4.78, 5) is 16.6. The van der Waals surface area contributed by atoms with Crippen LogP contribution in [0.2, 0.25) is 0 Å². The first-order valence-corrected chi connectivity index (χ1v) is 7.12. The fourth-order valence-electron chi connectivity index (χ4n) is 2.06. The predicted molar refractivity (Wildman–Crippen MR) is 84.8 cm³/mol. The average Bonchev–Trinajstić information content (AvgIpc) is 2.81. The Morgan fingerprint density at radius 1 is 1.33 bits per heavy atom. The fraction of sp³-hybridized carbons (Fsp3) is 0.0667. The smallest absolute Gasteiger partial charge is 0.259 e. The second kappa shape index (κ2) is 5.06. The van der Waals surface area contributed by atoms with Crippen molar-refractivity contribution < 1.29 is 9.90 Å². The molecule has 0 radical (unpaired) electrons. The number of carbonyl (C=O) groups excluding carboxylic acids is 1. The van der Waals surface area contributed by atoms with E-state index in [9.17, 15) is 9.90 Å². The van der Waals surface area contributed by atoms with Gasteiger partial charge in [0.2, 0.25) is 0 Å². The molecule has 5 nitrogen and oxygen atoms in total. The highest BCUT2D eigenvalue weighted by Crippen LogP contribution is 2.27. The van der Waals surface area contributed by atoms with Gasteiger partial charge in [0.1, 0.15) is 0 Å². The van der Waals surface area contributed by atoms with Crippen molar-refractivity contribution in [2.24, 2.45) is 0 Å². The normalized spacial score (nSPS) is 10.7. The van der Waals surface area contributed by atoms with Crippen LogP contribution >= 0.6 is 11.3 Å². The Morgan fingerprint density at radius 2 is 2.14 bits per heavy atom. The molecule has 1 heterocycles. The lowest BCUT2D eigenvalue weighted by Gasteiger charge is -2.08. The summed E-state index contributed by atoms with van der Waals surface area (Å²) >= 11 is 1.56. The van der Waals surface area contributed by atoms with E-state index in [0.717, 1.165) is 15.2 Å². The lowest BCUT2D eigenvalue weighted by molar-refractivity contribution is 0.102. The van der Waals surface area contributed by atoms with E-state index >= 15 is 0 Å². The van der Waals surface area contributed by atoms with E-state index in [2.05, 4.69) is 10.3 Å². The van der Waals surface area contributed by atoms with E-state index in [1.807, 2.05) is 19.1 Å². The van der Waals surface area contributed by atoms with Crippen molar-refractivity contribution in [1.29, 1.82) is 0 Å². The fourth-order valence-corrected chi connectivity index (χ4v) is 2.93. The highest BCUT2D eigenvalue weighted by atomic mass is 32.1. The van der Waals surface area contributed by atoms with Crippen molar-refractivity contribution in [3.8, 4) is 5.75 Å². The summed E-state index contributed by atoms with van der Waals surface area (Å²) < 4.78 is 1.00. The molecule has 21 heavy (non-hydrogen) atoms. The van der Waals surface area contributed by atoms with Gasteiger partial charge in [-0.15, -0.1) is 11.3 Å². The number of fused-ring (bicyclic) bond motifs is 1. The van der Waals surface area contributed by atoms with Gasteiger partial charge in [0.25, 0.3) is 5.91 Å². The molecule has 3 rings (SSSR count). The Balaban J connectivity index is 1.90. The van der Waals surface area contributed by atoms with Crippen LogP contribution in [0.4, 0.5) is 11.4 Å². The van der Waals surface area contributed by atoms with Gasteiger partial charge >= 0.3 is 0 Å². The summed E-state index contributed by atoms with van der Waals surface area (Å²) in [5.41, 5.74) is 7.47. The van der Waals surface area contributed by atoms with E-state index in [4.69, 9.17) is 5.73 Å². The monoisotopic (exact) mass is 299 g/mol. The molecule has 0 bridgehead atoms. The van der Waals surface area contributed by atoms with Gasteiger partial charge < -0.3 is 16.2 Å². The van der Waals surface area contributed by atoms with Gasteiger partial charge in [0, 0.05) is 5.69 Å². The maximum absolute atomic E-state index is 12.2. The summed E-state index contributed by atoms with van der Waals surface area (Å²) in [6, 6.07) is 10.2. The first-order chi connectivity index (χ1) is 10.0. The van der Waals surface area contributed by atoms with Gasteiger partial charge in [-0.2, -0.15) is 0 Å². The molecule has 106 valence electrons. The van der Waals surface area contributed by atoms with E-state index in [1.54, 1.807) is 23.5 Å². The number of aromatic hydroxyl groups is 1. The summed E-state index contributed by atoms with van der Waals surface area (Å²) in [5.74, 6) is -0.606. The van der Waals surface area contributed by atoms with Crippen LogP contribution in [0.1, 0.15) is 15.4 Å². The van der Waals surface area contributed by atoms with Crippen LogP contribution in [0.15, 0.2) is 36.4 Å². The van der Waals surface area contributed by atoms with Crippen molar-refractivity contribution in [2.75, 3.05) is 11.1 Å². The lowest BCUT2D eigenvalue weighted by Crippen LogP contribution is -2.12. The number of anilines is 2. The Morgan fingerprint density at radius 3 is 2.95 bits per heavy atom. The summed E-state index contributed by atoms with van der Waals surface area (Å²) in [7, 11) is 0. The van der Waals surface area contributed by atoms with Crippen molar-refractivity contribution in [2.45, 2.75) is 6.92 Å². The van der Waals surface area contributed by atoms with Gasteiger partial charge in [0.15, 0.2) is 5.75 Å². The number of nitrogens with one attached hydrogen (secondary N) is 1. The molecule has 3 aromatic rings. The molecule has 0 saturated heterocycles. The number of rotatable bonds is 2. The second-order valence-corrected chi connectivity index (χ2v) is 5.85. The molecule has 0 fully saturated rings. The van der Waals surface area contributed by atoms with Crippen LogP contribution in [0, 0.1) is 6.92 Å². The van der Waals surface area contributed by atoms with Crippen molar-refractivity contribution in [3.05, 3.63) is 47.0 Å². The number of nitrogens with zero attached hydrogens (tertiary/aromatic N) is 1. The number of aryl methyl sites for hydroxylation is 1. The highest BCUT2D eigenvalue weighted by Gasteiger charge is 2.13. The van der Waals surface area contributed by atoms with Crippen molar-refractivity contribution in [1.82, 2.24) is 4.98 Å². The van der Waals surface area contributed by atoms with Crippen molar-refractivity contribution >= 4 is 38.8 Å². The standard InChI is InChI=1S/C15H13N3O2S/c1-8-17-12-6-5-9(7-13(12)21-8)18-15(20)10-3-2-4-11(16)14(10)19/h2-7,19H,16H2,1H3,(H,18,20). The Kier molecular flexibility index (Phi) is 3.23. The average molecular weight is 299 g/mol. The van der Waals surface area contributed by atoms with Crippen LogP contribution in [-0.2, 0) is 0 Å². The third-order valence-corrected chi connectivity index (χ3v) is 4.00. The molecule has 0 saturated carbocycles. The number of thiazole rings is 1. The van der Waals surface area contributed by atoms with Crippen LogP contribution in [0.5, 0.6) is 5.75 Å². The summed E-state index contributed by atoms with van der Waals surface area (Å²) in [6.07, 6.45) is 0. The third-order valence-electron chi connectivity index (χ3n) is 3.07. The number of carbonyl (C=O) groups is 1. The lowest BCUT2D eigenvalue weighted by atomic mass is 10.1. The molecular weight excluding hydrogens is 286 g/mol. The molecule has 0 aliphatic carbocycles. The molecule has 0 aliphatic rings. The number of phenolic OH excluding ortho intramolecular Hbond substituents is 1. The zero-order valence-corrected chi connectivity index (χ0v) is 12.1. The van der Waals surface area contributed by atoms with Crippen LogP contribution in [0.3, 0.4) is 0 Å². The number of nitrogen functional groups attached to an aromatic ring is 1. The molecule has 0 atom stereocenters. The zero-order valence-electron chi connectivity index (χ0n) is 11.3. The number of para-hydroxylation sites is 1.